The molecule has 102 valence electrons. The van der Waals surface area contributed by atoms with Crippen LogP contribution in [0.4, 0.5) is 0 Å². The molecule has 2 N–H and O–H groups in total. The Balaban J connectivity index is 2.39. The van der Waals surface area contributed by atoms with Crippen LogP contribution in [0.3, 0.4) is 0 Å². The van der Waals surface area contributed by atoms with E-state index in [0.29, 0.717) is 18.1 Å². The van der Waals surface area contributed by atoms with Crippen LogP contribution in [0.5, 0.6) is 0 Å². The summed E-state index contributed by atoms with van der Waals surface area (Å²) in [5.41, 5.74) is 7.96. The zero-order valence-corrected chi connectivity index (χ0v) is 11.5. The summed E-state index contributed by atoms with van der Waals surface area (Å²) in [6.45, 7) is 0.896. The Kier molecular flexibility index (Phi) is 3.34. The number of nitrogens with two attached hydrogens (primary N) is 1. The average Bonchev–Trinajstić information content (AvgIpc) is 2.72. The predicted octanol–water partition coefficient (Wildman–Crippen LogP) is 2.40. The van der Waals surface area contributed by atoms with Gasteiger partial charge in [0.1, 0.15) is 0 Å². The summed E-state index contributed by atoms with van der Waals surface area (Å²) in [5.74, 6) is 0. The van der Waals surface area contributed by atoms with Gasteiger partial charge in [0.25, 0.3) is 0 Å². The summed E-state index contributed by atoms with van der Waals surface area (Å²) in [7, 11) is 0. The van der Waals surface area contributed by atoms with Gasteiger partial charge in [0.05, 0.1) is 16.7 Å². The highest BCUT2D eigenvalue weighted by molar-refractivity contribution is 6.31. The lowest BCUT2D eigenvalue weighted by atomic mass is 10.3. The molecule has 4 nitrogen and oxygen atoms in total. The molecule has 0 amide bonds. The van der Waals surface area contributed by atoms with E-state index in [1.54, 1.807) is 21.3 Å². The molecule has 2 aromatic carbocycles. The largest absolute Gasteiger partial charge is 0.333 e. The molecule has 0 saturated heterocycles. The van der Waals surface area contributed by atoms with Gasteiger partial charge in [0, 0.05) is 18.1 Å². The summed E-state index contributed by atoms with van der Waals surface area (Å²) in [5, 5.41) is 0.604. The van der Waals surface area contributed by atoms with Gasteiger partial charge in [-0.15, -0.1) is 0 Å². The zero-order valence-electron chi connectivity index (χ0n) is 10.8. The summed E-state index contributed by atoms with van der Waals surface area (Å²) in [6, 6.07) is 15.0. The van der Waals surface area contributed by atoms with E-state index < -0.39 is 0 Å². The highest BCUT2D eigenvalue weighted by atomic mass is 35.5. The summed E-state index contributed by atoms with van der Waals surface area (Å²) < 4.78 is 3.34. The SMILES string of the molecule is NCCn1c(=O)n(-c2ccccc2)c2cc(Cl)ccc21. The van der Waals surface area contributed by atoms with Crippen molar-refractivity contribution in [2.75, 3.05) is 6.54 Å². The second-order valence-electron chi connectivity index (χ2n) is 4.53. The molecule has 0 aliphatic rings. The van der Waals surface area contributed by atoms with Crippen LogP contribution in [0, 0.1) is 0 Å². The van der Waals surface area contributed by atoms with Crippen molar-refractivity contribution in [3.63, 3.8) is 0 Å². The van der Waals surface area contributed by atoms with E-state index >= 15 is 0 Å². The van der Waals surface area contributed by atoms with Crippen molar-refractivity contribution in [2.45, 2.75) is 6.54 Å². The van der Waals surface area contributed by atoms with Gasteiger partial charge in [-0.1, -0.05) is 29.8 Å². The topological polar surface area (TPSA) is 52.9 Å². The number of nitrogens with zero attached hydrogens (tertiary/aromatic N) is 2. The first-order valence-electron chi connectivity index (χ1n) is 6.38. The fourth-order valence-corrected chi connectivity index (χ4v) is 2.57. The Morgan fingerprint density at radius 1 is 1.05 bits per heavy atom. The van der Waals surface area contributed by atoms with E-state index in [-0.39, 0.29) is 5.69 Å². The number of fused-ring (bicyclic) bond motifs is 1. The average molecular weight is 288 g/mol. The van der Waals surface area contributed by atoms with E-state index in [0.717, 1.165) is 16.7 Å². The van der Waals surface area contributed by atoms with Gasteiger partial charge in [-0.05, 0) is 30.3 Å². The quantitative estimate of drug-likeness (QED) is 0.804. The lowest BCUT2D eigenvalue weighted by Crippen LogP contribution is -2.26. The Hall–Kier alpha value is -2.04. The maximum atomic E-state index is 12.6. The number of hydrogen-bond acceptors (Lipinski definition) is 2. The van der Waals surface area contributed by atoms with E-state index in [1.807, 2.05) is 36.4 Å². The van der Waals surface area contributed by atoms with Gasteiger partial charge >= 0.3 is 5.69 Å². The fraction of sp³-hybridized carbons (Fsp3) is 0.133. The minimum Gasteiger partial charge on any atom is -0.329 e. The number of benzene rings is 2. The molecule has 0 atom stereocenters. The summed E-state index contributed by atoms with van der Waals surface area (Å²) in [6.07, 6.45) is 0. The molecule has 0 aliphatic carbocycles. The van der Waals surface area contributed by atoms with Crippen LogP contribution in [-0.2, 0) is 6.54 Å². The molecule has 0 saturated carbocycles. The second-order valence-corrected chi connectivity index (χ2v) is 4.96. The Morgan fingerprint density at radius 2 is 1.80 bits per heavy atom. The molecule has 0 spiro atoms. The van der Waals surface area contributed by atoms with Crippen molar-refractivity contribution in [2.24, 2.45) is 5.73 Å². The van der Waals surface area contributed by atoms with Crippen LogP contribution in [0.2, 0.25) is 5.02 Å². The van der Waals surface area contributed by atoms with Crippen LogP contribution in [0.25, 0.3) is 16.7 Å². The summed E-state index contributed by atoms with van der Waals surface area (Å²) >= 11 is 6.07. The molecule has 0 radical (unpaired) electrons. The fourth-order valence-electron chi connectivity index (χ4n) is 2.40. The van der Waals surface area contributed by atoms with Gasteiger partial charge in [-0.25, -0.2) is 4.79 Å². The molecule has 3 aromatic rings. The van der Waals surface area contributed by atoms with Crippen LogP contribution in [0.15, 0.2) is 53.3 Å². The first kappa shape index (κ1) is 13.0. The predicted molar refractivity (Wildman–Crippen MR) is 81.6 cm³/mol. The maximum Gasteiger partial charge on any atom is 0.333 e. The molecule has 0 fully saturated rings. The molecule has 0 bridgehead atoms. The summed E-state index contributed by atoms with van der Waals surface area (Å²) in [4.78, 5) is 12.6. The van der Waals surface area contributed by atoms with Crippen LogP contribution < -0.4 is 11.4 Å². The van der Waals surface area contributed by atoms with Crippen molar-refractivity contribution in [3.05, 3.63) is 64.0 Å². The van der Waals surface area contributed by atoms with E-state index in [1.165, 1.54) is 0 Å². The number of hydrogen-bond donors (Lipinski definition) is 1. The van der Waals surface area contributed by atoms with Crippen molar-refractivity contribution in [3.8, 4) is 5.69 Å². The molecule has 3 rings (SSSR count). The van der Waals surface area contributed by atoms with Crippen molar-refractivity contribution >= 4 is 22.6 Å². The van der Waals surface area contributed by atoms with Gasteiger partial charge in [0.2, 0.25) is 0 Å². The van der Waals surface area contributed by atoms with Gasteiger partial charge in [0.15, 0.2) is 0 Å². The number of halogens is 1. The van der Waals surface area contributed by atoms with Gasteiger partial charge in [-0.2, -0.15) is 0 Å². The highest BCUT2D eigenvalue weighted by Gasteiger charge is 2.14. The third kappa shape index (κ3) is 2.03. The van der Waals surface area contributed by atoms with Crippen LogP contribution >= 0.6 is 11.6 Å². The van der Waals surface area contributed by atoms with Crippen LogP contribution in [-0.4, -0.2) is 15.7 Å². The third-order valence-corrected chi connectivity index (χ3v) is 3.49. The first-order chi connectivity index (χ1) is 9.72. The lowest BCUT2D eigenvalue weighted by molar-refractivity contribution is 0.690. The number of imidazole rings is 1. The molecule has 1 heterocycles. The van der Waals surface area contributed by atoms with Gasteiger partial charge < -0.3 is 5.73 Å². The molecule has 5 heteroatoms. The number of rotatable bonds is 3. The van der Waals surface area contributed by atoms with Crippen molar-refractivity contribution in [1.29, 1.82) is 0 Å². The van der Waals surface area contributed by atoms with E-state index in [9.17, 15) is 4.79 Å². The Labute approximate surface area is 121 Å². The molecule has 20 heavy (non-hydrogen) atoms. The molecular weight excluding hydrogens is 274 g/mol. The highest BCUT2D eigenvalue weighted by Crippen LogP contribution is 2.21. The van der Waals surface area contributed by atoms with Gasteiger partial charge in [-0.3, -0.25) is 9.13 Å². The minimum atomic E-state index is -0.0982. The number of para-hydroxylation sites is 1. The molecule has 1 aromatic heterocycles. The normalized spacial score (nSPS) is 11.1. The molecule has 0 aliphatic heterocycles. The Bertz CT molecular complexity index is 805. The van der Waals surface area contributed by atoms with E-state index in [4.69, 9.17) is 17.3 Å². The first-order valence-corrected chi connectivity index (χ1v) is 6.76. The second kappa shape index (κ2) is 5.15. The number of aromatic nitrogens is 2. The smallest absolute Gasteiger partial charge is 0.329 e. The molecular formula is C15H14ClN3O. The van der Waals surface area contributed by atoms with Crippen LogP contribution in [0.1, 0.15) is 0 Å². The van der Waals surface area contributed by atoms with Crippen molar-refractivity contribution < 1.29 is 0 Å². The Morgan fingerprint density at radius 3 is 2.50 bits per heavy atom. The third-order valence-electron chi connectivity index (χ3n) is 3.26. The zero-order chi connectivity index (χ0) is 14.1. The maximum absolute atomic E-state index is 12.6. The molecule has 0 unspecified atom stereocenters. The standard InChI is InChI=1S/C15H14ClN3O/c16-11-6-7-13-14(10-11)19(12-4-2-1-3-5-12)15(20)18(13)9-8-17/h1-7,10H,8-9,17H2. The monoisotopic (exact) mass is 287 g/mol. The van der Waals surface area contributed by atoms with Crippen molar-refractivity contribution in [1.82, 2.24) is 9.13 Å². The van der Waals surface area contributed by atoms with E-state index in [2.05, 4.69) is 0 Å². The minimum absolute atomic E-state index is 0.0982. The lowest BCUT2D eigenvalue weighted by Gasteiger charge is -2.02.